The molecule has 1 unspecified atom stereocenters. The SMILES string of the molecule is CCCc1csc(C(C)c2cn[nH]c2C(F)(F)F)c1. The fourth-order valence-electron chi connectivity index (χ4n) is 2.05. The molecule has 0 aliphatic carbocycles. The lowest BCUT2D eigenvalue weighted by molar-refractivity contribution is -0.141. The number of thiophene rings is 1. The number of hydrogen-bond acceptors (Lipinski definition) is 2. The largest absolute Gasteiger partial charge is 0.433 e. The molecule has 2 nitrogen and oxygen atoms in total. The van der Waals surface area contributed by atoms with Crippen molar-refractivity contribution in [3.63, 3.8) is 0 Å². The van der Waals surface area contributed by atoms with Crippen molar-refractivity contribution in [1.82, 2.24) is 10.2 Å². The fourth-order valence-corrected chi connectivity index (χ4v) is 3.07. The smallest absolute Gasteiger partial charge is 0.273 e. The molecule has 0 fully saturated rings. The van der Waals surface area contributed by atoms with Crippen molar-refractivity contribution in [2.24, 2.45) is 0 Å². The van der Waals surface area contributed by atoms with Gasteiger partial charge < -0.3 is 0 Å². The second kappa shape index (κ2) is 5.36. The number of halogens is 3. The van der Waals surface area contributed by atoms with Crippen LogP contribution in [0.3, 0.4) is 0 Å². The summed E-state index contributed by atoms with van der Waals surface area (Å²) >= 11 is 1.51. The number of aromatic amines is 1. The number of rotatable bonds is 4. The summed E-state index contributed by atoms with van der Waals surface area (Å²) in [5.41, 5.74) is 0.647. The van der Waals surface area contributed by atoms with Crippen LogP contribution in [0.4, 0.5) is 13.2 Å². The van der Waals surface area contributed by atoms with E-state index in [2.05, 4.69) is 17.1 Å². The van der Waals surface area contributed by atoms with Crippen molar-refractivity contribution in [3.05, 3.63) is 39.3 Å². The van der Waals surface area contributed by atoms with Crippen LogP contribution in [-0.4, -0.2) is 10.2 Å². The van der Waals surface area contributed by atoms with Gasteiger partial charge in [0.2, 0.25) is 0 Å². The van der Waals surface area contributed by atoms with Gasteiger partial charge in [-0.05, 0) is 23.4 Å². The number of hydrogen-bond donors (Lipinski definition) is 1. The fraction of sp³-hybridized carbons (Fsp3) is 0.462. The third kappa shape index (κ3) is 3.00. The van der Waals surface area contributed by atoms with E-state index in [-0.39, 0.29) is 11.5 Å². The van der Waals surface area contributed by atoms with Crippen LogP contribution in [0.25, 0.3) is 0 Å². The minimum absolute atomic E-state index is 0.206. The van der Waals surface area contributed by atoms with Crippen molar-refractivity contribution < 1.29 is 13.2 Å². The van der Waals surface area contributed by atoms with E-state index in [1.807, 2.05) is 11.4 Å². The van der Waals surface area contributed by atoms with Crippen molar-refractivity contribution >= 4 is 11.3 Å². The third-order valence-electron chi connectivity index (χ3n) is 3.06. The van der Waals surface area contributed by atoms with Gasteiger partial charge in [0.15, 0.2) is 0 Å². The Morgan fingerprint density at radius 3 is 2.79 bits per heavy atom. The van der Waals surface area contributed by atoms with Gasteiger partial charge in [-0.2, -0.15) is 18.3 Å². The van der Waals surface area contributed by atoms with Crippen molar-refractivity contribution in [2.75, 3.05) is 0 Å². The van der Waals surface area contributed by atoms with E-state index in [0.717, 1.165) is 17.7 Å². The van der Waals surface area contributed by atoms with Gasteiger partial charge in [0.25, 0.3) is 0 Å². The molecule has 2 aromatic heterocycles. The Bertz CT molecular complexity index is 542. The lowest BCUT2D eigenvalue weighted by Gasteiger charge is -2.12. The normalized spacial score (nSPS) is 13.7. The van der Waals surface area contributed by atoms with Crippen LogP contribution in [0.1, 0.15) is 47.9 Å². The molecule has 6 heteroatoms. The first-order valence-corrected chi connectivity index (χ1v) is 6.99. The van der Waals surface area contributed by atoms with Crippen LogP contribution in [0.2, 0.25) is 0 Å². The van der Waals surface area contributed by atoms with E-state index in [4.69, 9.17) is 0 Å². The monoisotopic (exact) mass is 288 g/mol. The molecular weight excluding hydrogens is 273 g/mol. The molecule has 0 aromatic carbocycles. The van der Waals surface area contributed by atoms with Gasteiger partial charge in [-0.1, -0.05) is 20.3 Å². The first-order valence-electron chi connectivity index (χ1n) is 6.11. The maximum Gasteiger partial charge on any atom is 0.433 e. The standard InChI is InChI=1S/C13H15F3N2S/c1-3-4-9-5-11(19-7-9)8(2)10-6-17-18-12(10)13(14,15)16/h5-8H,3-4H2,1-2H3,(H,17,18). The summed E-state index contributed by atoms with van der Waals surface area (Å²) in [5.74, 6) is -0.300. The zero-order valence-electron chi connectivity index (χ0n) is 10.7. The Kier molecular flexibility index (Phi) is 3.99. The number of alkyl halides is 3. The molecule has 2 aromatic rings. The van der Waals surface area contributed by atoms with Gasteiger partial charge in [0.05, 0.1) is 6.20 Å². The van der Waals surface area contributed by atoms with Gasteiger partial charge in [0.1, 0.15) is 5.69 Å². The number of nitrogens with zero attached hydrogens (tertiary/aromatic N) is 1. The molecule has 104 valence electrons. The van der Waals surface area contributed by atoms with Crippen LogP contribution in [0, 0.1) is 0 Å². The van der Waals surface area contributed by atoms with Crippen LogP contribution in [0.15, 0.2) is 17.6 Å². The number of nitrogens with one attached hydrogen (secondary N) is 1. The maximum absolute atomic E-state index is 12.8. The second-order valence-corrected chi connectivity index (χ2v) is 5.47. The van der Waals surface area contributed by atoms with Gasteiger partial charge in [0, 0.05) is 16.4 Å². The molecule has 0 bridgehead atoms. The van der Waals surface area contributed by atoms with Gasteiger partial charge >= 0.3 is 6.18 Å². The second-order valence-electron chi connectivity index (χ2n) is 4.53. The van der Waals surface area contributed by atoms with Crippen LogP contribution in [-0.2, 0) is 12.6 Å². The molecule has 0 saturated carbocycles. The Morgan fingerprint density at radius 1 is 1.42 bits per heavy atom. The van der Waals surface area contributed by atoms with E-state index in [1.54, 1.807) is 6.92 Å². The molecule has 0 amide bonds. The Morgan fingerprint density at radius 2 is 2.16 bits per heavy atom. The quantitative estimate of drug-likeness (QED) is 0.875. The molecule has 19 heavy (non-hydrogen) atoms. The van der Waals surface area contributed by atoms with Gasteiger partial charge in [-0.25, -0.2) is 0 Å². The zero-order valence-corrected chi connectivity index (χ0v) is 11.5. The molecule has 1 N–H and O–H groups in total. The molecule has 0 aliphatic heterocycles. The topological polar surface area (TPSA) is 28.7 Å². The minimum Gasteiger partial charge on any atom is -0.273 e. The number of aromatic nitrogens is 2. The highest BCUT2D eigenvalue weighted by Gasteiger charge is 2.37. The van der Waals surface area contributed by atoms with E-state index >= 15 is 0 Å². The lowest BCUT2D eigenvalue weighted by atomic mass is 9.99. The summed E-state index contributed by atoms with van der Waals surface area (Å²) in [5, 5.41) is 7.61. The lowest BCUT2D eigenvalue weighted by Crippen LogP contribution is -2.10. The van der Waals surface area contributed by atoms with E-state index in [9.17, 15) is 13.2 Å². The van der Waals surface area contributed by atoms with Crippen LogP contribution < -0.4 is 0 Å². The van der Waals surface area contributed by atoms with Crippen LogP contribution in [0.5, 0.6) is 0 Å². The summed E-state index contributed by atoms with van der Waals surface area (Å²) in [4.78, 5) is 0.940. The highest BCUT2D eigenvalue weighted by molar-refractivity contribution is 7.10. The van der Waals surface area contributed by atoms with Gasteiger partial charge in [-0.3, -0.25) is 5.10 Å². The first-order chi connectivity index (χ1) is 8.93. The average Bonchev–Trinajstić information content (AvgIpc) is 2.95. The molecular formula is C13H15F3N2S. The molecule has 2 heterocycles. The molecule has 0 radical (unpaired) electrons. The summed E-state index contributed by atoms with van der Waals surface area (Å²) in [7, 11) is 0. The molecule has 0 saturated heterocycles. The molecule has 1 atom stereocenters. The summed E-state index contributed by atoms with van der Waals surface area (Å²) in [6, 6.07) is 1.99. The Labute approximate surface area is 113 Å². The summed E-state index contributed by atoms with van der Waals surface area (Å²) in [6.45, 7) is 3.86. The molecule has 2 rings (SSSR count). The summed E-state index contributed by atoms with van der Waals surface area (Å²) in [6.07, 6.45) is -1.12. The number of H-pyrrole nitrogens is 1. The Hall–Kier alpha value is -1.30. The van der Waals surface area contributed by atoms with Gasteiger partial charge in [-0.15, -0.1) is 11.3 Å². The van der Waals surface area contributed by atoms with Crippen molar-refractivity contribution in [2.45, 2.75) is 38.8 Å². The highest BCUT2D eigenvalue weighted by atomic mass is 32.1. The minimum atomic E-state index is -4.39. The molecule has 0 spiro atoms. The van der Waals surface area contributed by atoms with Crippen molar-refractivity contribution in [1.29, 1.82) is 0 Å². The Balaban J connectivity index is 2.28. The first kappa shape index (κ1) is 14.1. The zero-order chi connectivity index (χ0) is 14.0. The molecule has 0 aliphatic rings. The predicted octanol–water partition coefficient (Wildman–Crippen LogP) is 4.59. The third-order valence-corrected chi connectivity index (χ3v) is 4.22. The van der Waals surface area contributed by atoms with Crippen LogP contribution >= 0.6 is 11.3 Å². The maximum atomic E-state index is 12.8. The predicted molar refractivity (Wildman–Crippen MR) is 69.4 cm³/mol. The van der Waals surface area contributed by atoms with E-state index < -0.39 is 11.9 Å². The van der Waals surface area contributed by atoms with Crippen molar-refractivity contribution in [3.8, 4) is 0 Å². The van der Waals surface area contributed by atoms with E-state index in [0.29, 0.717) is 0 Å². The number of aryl methyl sites for hydroxylation is 1. The average molecular weight is 288 g/mol. The summed E-state index contributed by atoms with van der Waals surface area (Å²) < 4.78 is 38.4. The van der Waals surface area contributed by atoms with E-state index in [1.165, 1.54) is 23.1 Å². The highest BCUT2D eigenvalue weighted by Crippen LogP contribution is 2.37.